The number of thioether (sulfide) groups is 1. The number of anilines is 1. The minimum absolute atomic E-state index is 0.207. The summed E-state index contributed by atoms with van der Waals surface area (Å²) in [6.07, 6.45) is 6.22. The normalized spacial score (nSPS) is 15.8. The number of allylic oxidation sites excluding steroid dienone is 4. The smallest absolute Gasteiger partial charge is 0.283 e. The number of nitrogen functional groups attached to an aromatic ring is 1. The first-order valence-electron chi connectivity index (χ1n) is 7.64. The van der Waals surface area contributed by atoms with Crippen LogP contribution in [0.1, 0.15) is 19.4 Å². The van der Waals surface area contributed by atoms with E-state index in [1.165, 1.54) is 17.8 Å². The van der Waals surface area contributed by atoms with Crippen molar-refractivity contribution in [1.82, 2.24) is 13.8 Å². The molecule has 0 bridgehead atoms. The van der Waals surface area contributed by atoms with Crippen molar-refractivity contribution < 1.29 is 9.53 Å². The predicted octanol–water partition coefficient (Wildman–Crippen LogP) is 2.29. The first-order chi connectivity index (χ1) is 12.0. The summed E-state index contributed by atoms with van der Waals surface area (Å²) in [5, 5.41) is 0.701. The molecule has 9 heteroatoms. The number of hydrogen-bond donors (Lipinski definition) is 1. The van der Waals surface area contributed by atoms with Crippen molar-refractivity contribution in [2.45, 2.75) is 19.0 Å². The average Bonchev–Trinajstić information content (AvgIpc) is 2.97. The molecular weight excluding hydrogens is 360 g/mol. The van der Waals surface area contributed by atoms with Gasteiger partial charge in [-0.2, -0.15) is 9.36 Å². The Kier molecular flexibility index (Phi) is 5.05. The number of fused-ring (bicyclic) bond motifs is 1. The highest BCUT2D eigenvalue weighted by molar-refractivity contribution is 7.99. The number of nitrogens with two attached hydrogens (primary N) is 1. The molecule has 2 aromatic rings. The van der Waals surface area contributed by atoms with Gasteiger partial charge in [0.1, 0.15) is 5.82 Å². The minimum Gasteiger partial charge on any atom is -0.490 e. The van der Waals surface area contributed by atoms with Crippen molar-refractivity contribution in [3.8, 4) is 0 Å². The van der Waals surface area contributed by atoms with E-state index in [-0.39, 0.29) is 22.9 Å². The third-order valence-corrected chi connectivity index (χ3v) is 5.02. The van der Waals surface area contributed by atoms with E-state index < -0.39 is 5.56 Å². The molecule has 0 atom stereocenters. The zero-order valence-electron chi connectivity index (χ0n) is 13.7. The van der Waals surface area contributed by atoms with Gasteiger partial charge in [0.25, 0.3) is 5.56 Å². The van der Waals surface area contributed by atoms with Crippen molar-refractivity contribution in [2.75, 3.05) is 18.1 Å². The Morgan fingerprint density at radius 2 is 2.16 bits per heavy atom. The van der Waals surface area contributed by atoms with E-state index in [1.54, 1.807) is 29.6 Å². The largest absolute Gasteiger partial charge is 0.490 e. The molecular formula is C16H16N4O3S2. The van der Waals surface area contributed by atoms with Gasteiger partial charge < -0.3 is 10.5 Å². The molecule has 25 heavy (non-hydrogen) atoms. The van der Waals surface area contributed by atoms with E-state index in [0.717, 1.165) is 17.3 Å². The van der Waals surface area contributed by atoms with Crippen LogP contribution in [0.15, 0.2) is 39.5 Å². The monoisotopic (exact) mass is 376 g/mol. The van der Waals surface area contributed by atoms with Crippen LogP contribution in [0.4, 0.5) is 5.82 Å². The van der Waals surface area contributed by atoms with Gasteiger partial charge in [0.2, 0.25) is 10.7 Å². The summed E-state index contributed by atoms with van der Waals surface area (Å²) in [7, 11) is 0. The first kappa shape index (κ1) is 17.4. The highest BCUT2D eigenvalue weighted by Gasteiger charge is 2.17. The van der Waals surface area contributed by atoms with E-state index in [4.69, 9.17) is 10.5 Å². The summed E-state index contributed by atoms with van der Waals surface area (Å²) in [5.74, 6) is 1.14. The molecule has 0 saturated carbocycles. The van der Waals surface area contributed by atoms with Crippen LogP contribution in [0.2, 0.25) is 0 Å². The Labute approximate surface area is 152 Å². The van der Waals surface area contributed by atoms with Gasteiger partial charge in [-0.15, -0.1) is 0 Å². The second-order valence-corrected chi connectivity index (χ2v) is 6.98. The molecule has 0 saturated heterocycles. The number of ketones is 1. The third kappa shape index (κ3) is 3.38. The SMILES string of the molecule is CCOC1=C/C(=C/c2c(N)n3c(SCC)nsc3nc2=O)C=CC1=O. The van der Waals surface area contributed by atoms with Gasteiger partial charge in [-0.25, -0.2) is 4.40 Å². The van der Waals surface area contributed by atoms with Crippen LogP contribution in [0.5, 0.6) is 0 Å². The lowest BCUT2D eigenvalue weighted by molar-refractivity contribution is -0.114. The molecule has 0 aliphatic heterocycles. The highest BCUT2D eigenvalue weighted by Crippen LogP contribution is 2.25. The van der Waals surface area contributed by atoms with E-state index in [9.17, 15) is 9.59 Å². The molecule has 0 radical (unpaired) electrons. The van der Waals surface area contributed by atoms with Crippen LogP contribution in [0.25, 0.3) is 11.0 Å². The molecule has 0 fully saturated rings. The maximum atomic E-state index is 12.3. The molecule has 1 aliphatic rings. The molecule has 2 aromatic heterocycles. The number of rotatable bonds is 5. The fourth-order valence-corrected chi connectivity index (χ4v) is 3.89. The number of carbonyl (C=O) groups excluding carboxylic acids is 1. The number of aromatic nitrogens is 3. The number of hydrogen-bond acceptors (Lipinski definition) is 8. The van der Waals surface area contributed by atoms with Crippen molar-refractivity contribution in [3.63, 3.8) is 0 Å². The Balaban J connectivity index is 2.12. The minimum atomic E-state index is -0.432. The fourth-order valence-electron chi connectivity index (χ4n) is 2.30. The molecule has 0 amide bonds. The Morgan fingerprint density at radius 3 is 2.88 bits per heavy atom. The van der Waals surface area contributed by atoms with Crippen molar-refractivity contribution >= 4 is 45.9 Å². The van der Waals surface area contributed by atoms with Crippen LogP contribution in [0, 0.1) is 0 Å². The van der Waals surface area contributed by atoms with Crippen molar-refractivity contribution in [1.29, 1.82) is 0 Å². The number of ether oxygens (including phenoxy) is 1. The van der Waals surface area contributed by atoms with Gasteiger partial charge in [0.05, 0.1) is 12.2 Å². The summed E-state index contributed by atoms with van der Waals surface area (Å²) in [4.78, 5) is 28.6. The second-order valence-electron chi connectivity index (χ2n) is 5.02. The average molecular weight is 376 g/mol. The summed E-state index contributed by atoms with van der Waals surface area (Å²) in [6, 6.07) is 0. The van der Waals surface area contributed by atoms with Gasteiger partial charge in [-0.05, 0) is 36.5 Å². The van der Waals surface area contributed by atoms with E-state index in [0.29, 0.717) is 22.3 Å². The van der Waals surface area contributed by atoms with Crippen LogP contribution in [-0.4, -0.2) is 31.9 Å². The quantitative estimate of drug-likeness (QED) is 0.799. The maximum absolute atomic E-state index is 12.3. The molecule has 0 aromatic carbocycles. The van der Waals surface area contributed by atoms with Gasteiger partial charge in [-0.1, -0.05) is 24.8 Å². The van der Waals surface area contributed by atoms with Gasteiger partial charge in [-0.3, -0.25) is 9.59 Å². The molecule has 1 aliphatic carbocycles. The molecule has 0 unspecified atom stereocenters. The number of nitrogens with zero attached hydrogens (tertiary/aromatic N) is 3. The fraction of sp³-hybridized carbons (Fsp3) is 0.250. The lowest BCUT2D eigenvalue weighted by Crippen LogP contribution is -2.17. The van der Waals surface area contributed by atoms with Crippen LogP contribution in [-0.2, 0) is 9.53 Å². The number of carbonyl (C=O) groups is 1. The van der Waals surface area contributed by atoms with Crippen LogP contribution < -0.4 is 11.3 Å². The molecule has 0 spiro atoms. The highest BCUT2D eigenvalue weighted by atomic mass is 32.2. The molecule has 130 valence electrons. The van der Waals surface area contributed by atoms with Gasteiger partial charge in [0, 0.05) is 11.5 Å². The van der Waals surface area contributed by atoms with Crippen molar-refractivity contribution in [2.24, 2.45) is 0 Å². The van der Waals surface area contributed by atoms with E-state index in [1.807, 2.05) is 6.92 Å². The summed E-state index contributed by atoms with van der Waals surface area (Å²) in [5.41, 5.74) is 6.69. The summed E-state index contributed by atoms with van der Waals surface area (Å²) in [6.45, 7) is 4.19. The van der Waals surface area contributed by atoms with Crippen LogP contribution in [0.3, 0.4) is 0 Å². The first-order valence-corrected chi connectivity index (χ1v) is 9.40. The lowest BCUT2D eigenvalue weighted by Gasteiger charge is -2.10. The maximum Gasteiger partial charge on any atom is 0.283 e. The van der Waals surface area contributed by atoms with Crippen LogP contribution >= 0.6 is 23.3 Å². The van der Waals surface area contributed by atoms with Gasteiger partial charge >= 0.3 is 0 Å². The van der Waals surface area contributed by atoms with Gasteiger partial charge in [0.15, 0.2) is 10.9 Å². The van der Waals surface area contributed by atoms with Crippen molar-refractivity contribution in [3.05, 3.63) is 45.5 Å². The Hall–Kier alpha value is -2.39. The molecule has 2 N–H and O–H groups in total. The molecule has 3 rings (SSSR count). The second kappa shape index (κ2) is 7.24. The zero-order valence-corrected chi connectivity index (χ0v) is 15.3. The standard InChI is InChI=1S/C16H16N4O3S2/c1-3-23-12-8-9(5-6-11(12)21)7-10-13(17)20-15(18-14(10)22)25-19-16(20)24-4-2/h5-8H,3-4,17H2,1-2H3/b9-7+. The van der Waals surface area contributed by atoms with E-state index in [2.05, 4.69) is 9.36 Å². The predicted molar refractivity (Wildman–Crippen MR) is 99.8 cm³/mol. The topological polar surface area (TPSA) is 99.6 Å². The van der Waals surface area contributed by atoms with E-state index >= 15 is 0 Å². The Morgan fingerprint density at radius 1 is 1.36 bits per heavy atom. The summed E-state index contributed by atoms with van der Waals surface area (Å²) >= 11 is 2.66. The lowest BCUT2D eigenvalue weighted by atomic mass is 10.0. The molecule has 7 nitrogen and oxygen atoms in total. The zero-order chi connectivity index (χ0) is 18.0. The third-order valence-electron chi connectivity index (χ3n) is 3.38. The molecule has 2 heterocycles. The summed E-state index contributed by atoms with van der Waals surface area (Å²) < 4.78 is 11.3. The Bertz CT molecular complexity index is 985.